The molecule has 0 aliphatic carbocycles. The van der Waals surface area contributed by atoms with E-state index < -0.39 is 5.91 Å². The first kappa shape index (κ1) is 14.3. The van der Waals surface area contributed by atoms with Crippen molar-refractivity contribution < 1.29 is 4.79 Å². The van der Waals surface area contributed by atoms with Crippen molar-refractivity contribution in [3.8, 4) is 0 Å². The van der Waals surface area contributed by atoms with Gasteiger partial charge in [-0.2, -0.15) is 5.10 Å². The van der Waals surface area contributed by atoms with Crippen LogP contribution < -0.4 is 10.7 Å². The summed E-state index contributed by atoms with van der Waals surface area (Å²) in [6.45, 7) is 0.296. The third-order valence-corrected chi connectivity index (χ3v) is 3.51. The fourth-order valence-corrected chi connectivity index (χ4v) is 2.22. The number of hydrogen-bond donors (Lipinski definition) is 2. The molecule has 0 aliphatic rings. The summed E-state index contributed by atoms with van der Waals surface area (Å²) in [5.41, 5.74) is 0.951. The van der Waals surface area contributed by atoms with E-state index in [0.717, 1.165) is 5.56 Å². The number of benzene rings is 2. The smallest absolute Gasteiger partial charge is 0.276 e. The van der Waals surface area contributed by atoms with Crippen molar-refractivity contribution in [2.45, 2.75) is 6.54 Å². The second-order valence-electron chi connectivity index (χ2n) is 4.76. The zero-order valence-electron chi connectivity index (χ0n) is 11.5. The number of amides is 1. The van der Waals surface area contributed by atoms with Gasteiger partial charge >= 0.3 is 0 Å². The van der Waals surface area contributed by atoms with Gasteiger partial charge < -0.3 is 5.32 Å². The van der Waals surface area contributed by atoms with Crippen molar-refractivity contribution in [2.24, 2.45) is 0 Å². The highest BCUT2D eigenvalue weighted by Gasteiger charge is 2.14. The number of hydrogen-bond acceptors (Lipinski definition) is 3. The highest BCUT2D eigenvalue weighted by Crippen LogP contribution is 2.09. The van der Waals surface area contributed by atoms with Crippen molar-refractivity contribution in [3.05, 3.63) is 75.0 Å². The number of nitrogens with zero attached hydrogens (tertiary/aromatic N) is 1. The molecule has 6 heteroatoms. The molecule has 2 N–H and O–H groups in total. The predicted molar refractivity (Wildman–Crippen MR) is 85.0 cm³/mol. The van der Waals surface area contributed by atoms with Gasteiger partial charge in [0.05, 0.1) is 5.52 Å². The van der Waals surface area contributed by atoms with Crippen LogP contribution in [0.4, 0.5) is 0 Å². The average Bonchev–Trinajstić information content (AvgIpc) is 2.55. The molecule has 2 aromatic carbocycles. The Labute approximate surface area is 130 Å². The van der Waals surface area contributed by atoms with Crippen LogP contribution in [0.1, 0.15) is 16.1 Å². The molecule has 0 saturated carbocycles. The van der Waals surface area contributed by atoms with Gasteiger partial charge in [-0.05, 0) is 29.8 Å². The van der Waals surface area contributed by atoms with Crippen LogP contribution in [0.5, 0.6) is 0 Å². The van der Waals surface area contributed by atoms with E-state index in [4.69, 9.17) is 11.6 Å². The van der Waals surface area contributed by atoms with Gasteiger partial charge in [0.1, 0.15) is 0 Å². The lowest BCUT2D eigenvalue weighted by atomic mass is 10.2. The van der Waals surface area contributed by atoms with Crippen LogP contribution >= 0.6 is 11.6 Å². The fourth-order valence-electron chi connectivity index (χ4n) is 2.10. The Kier molecular flexibility index (Phi) is 3.89. The van der Waals surface area contributed by atoms with Crippen molar-refractivity contribution in [1.82, 2.24) is 15.5 Å². The first-order valence-corrected chi connectivity index (χ1v) is 7.03. The lowest BCUT2D eigenvalue weighted by Gasteiger charge is -2.05. The van der Waals surface area contributed by atoms with Crippen LogP contribution in [-0.4, -0.2) is 16.1 Å². The lowest BCUT2D eigenvalue weighted by molar-refractivity contribution is 0.0944. The van der Waals surface area contributed by atoms with Crippen molar-refractivity contribution in [2.75, 3.05) is 0 Å². The number of carbonyl (C=O) groups is 1. The number of rotatable bonds is 3. The van der Waals surface area contributed by atoms with Gasteiger partial charge in [-0.15, -0.1) is 0 Å². The average molecular weight is 314 g/mol. The van der Waals surface area contributed by atoms with Gasteiger partial charge in [0.2, 0.25) is 5.43 Å². The Balaban J connectivity index is 1.82. The Morgan fingerprint density at radius 2 is 1.86 bits per heavy atom. The Morgan fingerprint density at radius 3 is 2.64 bits per heavy atom. The molecule has 0 unspecified atom stereocenters. The van der Waals surface area contributed by atoms with Gasteiger partial charge in [-0.3, -0.25) is 14.7 Å². The number of fused-ring (bicyclic) bond motifs is 1. The minimum absolute atomic E-state index is 0.146. The molecular weight excluding hydrogens is 302 g/mol. The standard InChI is InChI=1S/C16H12ClN3O2/c17-11-7-5-10(6-8-11)9-18-16(22)14-15(21)12-3-1-2-4-13(12)19-20-14/h1-8H,9H2,(H,18,22)(H,19,21). The van der Waals surface area contributed by atoms with Crippen molar-refractivity contribution in [3.63, 3.8) is 0 Å². The summed E-state index contributed by atoms with van der Waals surface area (Å²) in [7, 11) is 0. The van der Waals surface area contributed by atoms with E-state index in [9.17, 15) is 9.59 Å². The van der Waals surface area contributed by atoms with Crippen LogP contribution in [0.15, 0.2) is 53.3 Å². The van der Waals surface area contributed by atoms with E-state index in [2.05, 4.69) is 15.5 Å². The zero-order chi connectivity index (χ0) is 15.5. The van der Waals surface area contributed by atoms with E-state index in [1.54, 1.807) is 48.5 Å². The maximum Gasteiger partial charge on any atom is 0.276 e. The molecule has 0 atom stereocenters. The molecule has 1 aromatic heterocycles. The van der Waals surface area contributed by atoms with Crippen LogP contribution in [0.2, 0.25) is 5.02 Å². The van der Waals surface area contributed by atoms with Gasteiger partial charge in [-0.1, -0.05) is 35.9 Å². The summed E-state index contributed by atoms with van der Waals surface area (Å²) in [5, 5.41) is 10.3. The summed E-state index contributed by atoms with van der Waals surface area (Å²) < 4.78 is 0. The Morgan fingerprint density at radius 1 is 1.14 bits per heavy atom. The zero-order valence-corrected chi connectivity index (χ0v) is 12.2. The monoisotopic (exact) mass is 313 g/mol. The molecule has 0 aliphatic heterocycles. The second kappa shape index (κ2) is 5.99. The SMILES string of the molecule is O=C(NCc1ccc(Cl)cc1)c1n[nH]c2ccccc2c1=O. The largest absolute Gasteiger partial charge is 0.346 e. The second-order valence-corrected chi connectivity index (χ2v) is 5.19. The number of H-pyrrole nitrogens is 1. The van der Waals surface area contributed by atoms with Gasteiger partial charge in [0.15, 0.2) is 5.69 Å². The number of aromatic nitrogens is 2. The maximum absolute atomic E-state index is 12.3. The molecule has 0 fully saturated rings. The number of nitrogens with one attached hydrogen (secondary N) is 2. The van der Waals surface area contributed by atoms with Gasteiger partial charge in [0.25, 0.3) is 5.91 Å². The molecule has 0 saturated heterocycles. The van der Waals surface area contributed by atoms with Gasteiger partial charge in [0, 0.05) is 17.0 Å². The number of para-hydroxylation sites is 1. The first-order chi connectivity index (χ1) is 10.6. The number of aromatic amines is 1. The topological polar surface area (TPSA) is 74.8 Å². The van der Waals surface area contributed by atoms with E-state index in [0.29, 0.717) is 22.5 Å². The molecule has 0 spiro atoms. The molecule has 5 nitrogen and oxygen atoms in total. The Hall–Kier alpha value is -2.66. The molecule has 1 amide bonds. The molecule has 0 bridgehead atoms. The van der Waals surface area contributed by atoms with Crippen LogP contribution in [-0.2, 0) is 6.54 Å². The van der Waals surface area contributed by atoms with E-state index >= 15 is 0 Å². The number of carbonyl (C=O) groups excluding carboxylic acids is 1. The van der Waals surface area contributed by atoms with Gasteiger partial charge in [-0.25, -0.2) is 0 Å². The van der Waals surface area contributed by atoms with Crippen LogP contribution in [0, 0.1) is 0 Å². The highest BCUT2D eigenvalue weighted by atomic mass is 35.5. The molecule has 22 heavy (non-hydrogen) atoms. The number of halogens is 1. The summed E-state index contributed by atoms with van der Waals surface area (Å²) in [6, 6.07) is 14.0. The molecule has 0 radical (unpaired) electrons. The first-order valence-electron chi connectivity index (χ1n) is 6.65. The minimum atomic E-state index is -0.512. The summed E-state index contributed by atoms with van der Waals surface area (Å²) in [5.74, 6) is -0.512. The third kappa shape index (κ3) is 2.84. The maximum atomic E-state index is 12.3. The van der Waals surface area contributed by atoms with Crippen molar-refractivity contribution >= 4 is 28.4 Å². The molecule has 3 rings (SSSR count). The lowest BCUT2D eigenvalue weighted by Crippen LogP contribution is -2.30. The minimum Gasteiger partial charge on any atom is -0.346 e. The van der Waals surface area contributed by atoms with E-state index in [-0.39, 0.29) is 11.1 Å². The Bertz CT molecular complexity index is 888. The van der Waals surface area contributed by atoms with Crippen LogP contribution in [0.25, 0.3) is 10.9 Å². The normalized spacial score (nSPS) is 10.6. The molecule has 1 heterocycles. The van der Waals surface area contributed by atoms with E-state index in [1.807, 2.05) is 0 Å². The fraction of sp³-hybridized carbons (Fsp3) is 0.0625. The molecule has 110 valence electrons. The predicted octanol–water partition coefficient (Wildman–Crippen LogP) is 2.51. The summed E-state index contributed by atoms with van der Waals surface area (Å²) in [6.07, 6.45) is 0. The van der Waals surface area contributed by atoms with Crippen LogP contribution in [0.3, 0.4) is 0 Å². The highest BCUT2D eigenvalue weighted by molar-refractivity contribution is 6.30. The third-order valence-electron chi connectivity index (χ3n) is 3.26. The quantitative estimate of drug-likeness (QED) is 0.780. The molecule has 3 aromatic rings. The molecular formula is C16H12ClN3O2. The van der Waals surface area contributed by atoms with E-state index in [1.165, 1.54) is 0 Å². The van der Waals surface area contributed by atoms with Crippen molar-refractivity contribution in [1.29, 1.82) is 0 Å². The summed E-state index contributed by atoms with van der Waals surface area (Å²) >= 11 is 5.80. The summed E-state index contributed by atoms with van der Waals surface area (Å²) in [4.78, 5) is 24.4.